The molecule has 1 fully saturated rings. The van der Waals surface area contributed by atoms with Gasteiger partial charge in [-0.15, -0.1) is 0 Å². The number of carbonyl (C=O) groups excluding carboxylic acids is 2. The van der Waals surface area contributed by atoms with Crippen molar-refractivity contribution in [2.45, 2.75) is 50.1 Å². The van der Waals surface area contributed by atoms with E-state index in [0.717, 1.165) is 11.3 Å². The van der Waals surface area contributed by atoms with Crippen molar-refractivity contribution in [1.29, 1.82) is 0 Å². The Morgan fingerprint density at radius 2 is 1.85 bits per heavy atom. The summed E-state index contributed by atoms with van der Waals surface area (Å²) in [5.74, 6) is 0.486. The number of hydrogen-bond donors (Lipinski definition) is 1. The summed E-state index contributed by atoms with van der Waals surface area (Å²) in [6.07, 6.45) is 1.57. The molecule has 0 bridgehead atoms. The minimum Gasteiger partial charge on any atom is -0.497 e. The lowest BCUT2D eigenvalue weighted by molar-refractivity contribution is -0.119. The quantitative estimate of drug-likeness (QED) is 0.672. The molecule has 2 aliphatic heterocycles. The smallest absolute Gasteiger partial charge is 0.243 e. The summed E-state index contributed by atoms with van der Waals surface area (Å²) in [6, 6.07) is 8.96. The average Bonchev–Trinajstić information content (AvgIpc) is 3.43. The summed E-state index contributed by atoms with van der Waals surface area (Å²) in [5, 5.41) is 2.80. The molecule has 2 heterocycles. The summed E-state index contributed by atoms with van der Waals surface area (Å²) in [6.45, 7) is 3.69. The Bertz CT molecular complexity index is 1230. The third-order valence-corrected chi connectivity index (χ3v) is 8.29. The molecule has 2 aromatic rings. The number of amides is 2. The van der Waals surface area contributed by atoms with Gasteiger partial charge in [0.2, 0.25) is 21.8 Å². The van der Waals surface area contributed by atoms with Crippen LogP contribution in [0.1, 0.15) is 32.3 Å². The number of ether oxygens (including phenoxy) is 2. The lowest BCUT2D eigenvalue weighted by Crippen LogP contribution is -2.43. The van der Waals surface area contributed by atoms with E-state index in [1.807, 2.05) is 6.92 Å². The van der Waals surface area contributed by atoms with Gasteiger partial charge in [-0.1, -0.05) is 0 Å². The molecule has 0 aromatic heterocycles. The number of fused-ring (bicyclic) bond motifs is 1. The number of benzene rings is 2. The van der Waals surface area contributed by atoms with Crippen molar-refractivity contribution >= 4 is 33.2 Å². The number of sulfonamides is 1. The van der Waals surface area contributed by atoms with Crippen molar-refractivity contribution in [2.24, 2.45) is 0 Å². The Hall–Kier alpha value is -3.11. The van der Waals surface area contributed by atoms with Crippen LogP contribution in [0.15, 0.2) is 41.3 Å². The fourth-order valence-corrected chi connectivity index (χ4v) is 6.51. The van der Waals surface area contributed by atoms with Gasteiger partial charge in [-0.25, -0.2) is 8.42 Å². The maximum atomic E-state index is 13.5. The van der Waals surface area contributed by atoms with Crippen molar-refractivity contribution in [2.75, 3.05) is 31.0 Å². The first-order valence-electron chi connectivity index (χ1n) is 11.1. The van der Waals surface area contributed by atoms with Gasteiger partial charge in [0, 0.05) is 31.3 Å². The molecule has 2 aliphatic rings. The molecule has 2 atom stereocenters. The van der Waals surface area contributed by atoms with Crippen LogP contribution in [0.4, 0.5) is 11.4 Å². The van der Waals surface area contributed by atoms with E-state index in [-0.39, 0.29) is 23.4 Å². The van der Waals surface area contributed by atoms with Gasteiger partial charge in [0.05, 0.1) is 24.8 Å². The number of nitrogens with one attached hydrogen (secondary N) is 1. The second kappa shape index (κ2) is 9.27. The van der Waals surface area contributed by atoms with Crippen LogP contribution in [0.3, 0.4) is 0 Å². The van der Waals surface area contributed by atoms with Crippen LogP contribution in [-0.4, -0.2) is 57.4 Å². The molecule has 10 heteroatoms. The normalized spacial score (nSPS) is 20.2. The third-order valence-electron chi connectivity index (χ3n) is 6.38. The molecule has 0 aliphatic carbocycles. The van der Waals surface area contributed by atoms with Crippen LogP contribution in [0, 0.1) is 0 Å². The zero-order valence-electron chi connectivity index (χ0n) is 19.7. The van der Waals surface area contributed by atoms with Crippen LogP contribution >= 0.6 is 0 Å². The number of rotatable bonds is 6. The van der Waals surface area contributed by atoms with Gasteiger partial charge in [0.1, 0.15) is 17.5 Å². The van der Waals surface area contributed by atoms with Gasteiger partial charge >= 0.3 is 0 Å². The second-order valence-corrected chi connectivity index (χ2v) is 10.5. The standard InChI is InChI=1S/C24H29N3O6S/c1-15-12-17-13-19(8-9-21(17)27(15)16(2)28)34(30,31)26-11-5-6-22(26)24(29)25-20-14-18(32-3)7-10-23(20)33-4/h7-10,13-15,22H,5-6,11-12H2,1-4H3,(H,25,29)/t15-,22+/m1/s1. The average molecular weight is 488 g/mol. The molecule has 0 radical (unpaired) electrons. The first-order valence-corrected chi connectivity index (χ1v) is 12.6. The first kappa shape index (κ1) is 24.0. The van der Waals surface area contributed by atoms with Gasteiger partial charge in [-0.05, 0) is 62.1 Å². The third kappa shape index (κ3) is 4.23. The Morgan fingerprint density at radius 1 is 1.09 bits per heavy atom. The van der Waals surface area contributed by atoms with E-state index in [0.29, 0.717) is 36.4 Å². The summed E-state index contributed by atoms with van der Waals surface area (Å²) in [7, 11) is -0.906. The predicted octanol–water partition coefficient (Wildman–Crippen LogP) is 2.79. The molecular weight excluding hydrogens is 458 g/mol. The van der Waals surface area contributed by atoms with E-state index in [9.17, 15) is 18.0 Å². The summed E-state index contributed by atoms with van der Waals surface area (Å²) in [5.41, 5.74) is 1.96. The highest BCUT2D eigenvalue weighted by atomic mass is 32.2. The number of hydrogen-bond acceptors (Lipinski definition) is 6. The molecule has 182 valence electrons. The SMILES string of the molecule is COc1ccc(OC)c(NC(=O)[C@@H]2CCCN2S(=O)(=O)c2ccc3c(c2)C[C@@H](C)N3C(C)=O)c1. The van der Waals surface area contributed by atoms with E-state index >= 15 is 0 Å². The molecule has 2 aromatic carbocycles. The fourth-order valence-electron chi connectivity index (χ4n) is 4.80. The maximum Gasteiger partial charge on any atom is 0.243 e. The van der Waals surface area contributed by atoms with Gasteiger partial charge in [-0.3, -0.25) is 9.59 Å². The lowest BCUT2D eigenvalue weighted by atomic mass is 10.1. The highest BCUT2D eigenvalue weighted by Gasteiger charge is 2.40. The van der Waals surface area contributed by atoms with Gasteiger partial charge in [0.15, 0.2) is 0 Å². The van der Waals surface area contributed by atoms with E-state index in [2.05, 4.69) is 5.32 Å². The van der Waals surface area contributed by atoms with Gasteiger partial charge in [-0.2, -0.15) is 4.31 Å². The number of methoxy groups -OCH3 is 2. The minimum atomic E-state index is -3.92. The Morgan fingerprint density at radius 3 is 2.53 bits per heavy atom. The summed E-state index contributed by atoms with van der Waals surface area (Å²) >= 11 is 0. The zero-order valence-corrected chi connectivity index (χ0v) is 20.5. The molecule has 0 spiro atoms. The summed E-state index contributed by atoms with van der Waals surface area (Å²) in [4.78, 5) is 27.0. The van der Waals surface area contributed by atoms with Crippen molar-refractivity contribution in [3.8, 4) is 11.5 Å². The van der Waals surface area contributed by atoms with E-state index in [1.165, 1.54) is 31.5 Å². The maximum absolute atomic E-state index is 13.5. The van der Waals surface area contributed by atoms with Crippen molar-refractivity contribution in [3.63, 3.8) is 0 Å². The molecule has 0 saturated carbocycles. The molecule has 1 saturated heterocycles. The van der Waals surface area contributed by atoms with Crippen LogP contribution in [-0.2, 0) is 26.0 Å². The van der Waals surface area contributed by atoms with Crippen LogP contribution in [0.25, 0.3) is 0 Å². The minimum absolute atomic E-state index is 0.0337. The monoisotopic (exact) mass is 487 g/mol. The molecule has 34 heavy (non-hydrogen) atoms. The molecule has 0 unspecified atom stereocenters. The molecular formula is C24H29N3O6S. The Labute approximate surface area is 199 Å². The largest absolute Gasteiger partial charge is 0.497 e. The highest BCUT2D eigenvalue weighted by Crippen LogP contribution is 2.36. The van der Waals surface area contributed by atoms with Gasteiger partial charge in [0.25, 0.3) is 0 Å². The van der Waals surface area contributed by atoms with Crippen molar-refractivity contribution < 1.29 is 27.5 Å². The fraction of sp³-hybridized carbons (Fsp3) is 0.417. The van der Waals surface area contributed by atoms with Gasteiger partial charge < -0.3 is 19.7 Å². The number of nitrogens with zero attached hydrogens (tertiary/aromatic N) is 2. The molecule has 1 N–H and O–H groups in total. The Balaban J connectivity index is 1.59. The van der Waals surface area contributed by atoms with Crippen LogP contribution in [0.5, 0.6) is 11.5 Å². The van der Waals surface area contributed by atoms with Crippen LogP contribution < -0.4 is 19.7 Å². The molecule has 4 rings (SSSR count). The predicted molar refractivity (Wildman–Crippen MR) is 128 cm³/mol. The van der Waals surface area contributed by atoms with E-state index in [1.54, 1.807) is 35.2 Å². The van der Waals surface area contributed by atoms with Crippen LogP contribution in [0.2, 0.25) is 0 Å². The molecule has 9 nitrogen and oxygen atoms in total. The Kier molecular flexibility index (Phi) is 6.55. The van der Waals surface area contributed by atoms with E-state index in [4.69, 9.17) is 9.47 Å². The van der Waals surface area contributed by atoms with E-state index < -0.39 is 22.0 Å². The number of carbonyl (C=O) groups is 2. The topological polar surface area (TPSA) is 105 Å². The second-order valence-electron chi connectivity index (χ2n) is 8.56. The lowest BCUT2D eigenvalue weighted by Gasteiger charge is -2.24. The highest BCUT2D eigenvalue weighted by molar-refractivity contribution is 7.89. The molecule has 2 amide bonds. The van der Waals surface area contributed by atoms with Crippen molar-refractivity contribution in [3.05, 3.63) is 42.0 Å². The summed E-state index contributed by atoms with van der Waals surface area (Å²) < 4.78 is 38.9. The first-order chi connectivity index (χ1) is 16.2. The zero-order chi connectivity index (χ0) is 24.6. The number of anilines is 2. The van der Waals surface area contributed by atoms with Crippen molar-refractivity contribution in [1.82, 2.24) is 4.31 Å².